The van der Waals surface area contributed by atoms with Gasteiger partial charge in [-0.2, -0.15) is 0 Å². The molecule has 0 aromatic heterocycles. The lowest BCUT2D eigenvalue weighted by atomic mass is 10.1. The fourth-order valence-electron chi connectivity index (χ4n) is 3.15. The molecule has 4 nitrogen and oxygen atoms in total. The molecule has 0 bridgehead atoms. The van der Waals surface area contributed by atoms with Gasteiger partial charge in [-0.05, 0) is 18.0 Å². The summed E-state index contributed by atoms with van der Waals surface area (Å²) in [5.41, 5.74) is 0. The second-order valence-electron chi connectivity index (χ2n) is 6.18. The average Bonchev–Trinajstić information content (AvgIpc) is 2.60. The Balaban J connectivity index is 1.51. The van der Waals surface area contributed by atoms with E-state index in [4.69, 9.17) is 4.74 Å². The molecular weight excluding hydrogens is 288 g/mol. The molecule has 1 aliphatic heterocycles. The molecule has 2 aromatic carbocycles. The van der Waals surface area contributed by atoms with Gasteiger partial charge in [-0.3, -0.25) is 4.90 Å². The van der Waals surface area contributed by atoms with Crippen LogP contribution in [0.3, 0.4) is 0 Å². The molecule has 124 valence electrons. The zero-order valence-electron chi connectivity index (χ0n) is 13.8. The molecule has 1 heterocycles. The number of hydrogen-bond acceptors (Lipinski definition) is 4. The number of benzene rings is 2. The van der Waals surface area contributed by atoms with Gasteiger partial charge >= 0.3 is 0 Å². The molecule has 2 aromatic rings. The molecule has 0 unspecified atom stereocenters. The minimum Gasteiger partial charge on any atom is -0.490 e. The van der Waals surface area contributed by atoms with Crippen LogP contribution >= 0.6 is 0 Å². The number of hydrogen-bond donors (Lipinski definition) is 1. The second-order valence-corrected chi connectivity index (χ2v) is 6.18. The highest BCUT2D eigenvalue weighted by Crippen LogP contribution is 2.25. The number of aliphatic hydroxyl groups excluding tert-OH is 1. The van der Waals surface area contributed by atoms with Crippen LogP contribution in [0.25, 0.3) is 10.8 Å². The van der Waals surface area contributed by atoms with Crippen molar-refractivity contribution in [3.63, 3.8) is 0 Å². The Kier molecular flexibility index (Phi) is 5.49. The fourth-order valence-corrected chi connectivity index (χ4v) is 3.15. The Morgan fingerprint density at radius 1 is 1.00 bits per heavy atom. The smallest absolute Gasteiger partial charge is 0.127 e. The molecule has 1 saturated heterocycles. The summed E-state index contributed by atoms with van der Waals surface area (Å²) in [6.07, 6.45) is -0.456. The molecule has 0 amide bonds. The molecule has 4 heteroatoms. The number of fused-ring (bicyclic) bond motifs is 1. The maximum atomic E-state index is 10.3. The first kappa shape index (κ1) is 16.2. The maximum Gasteiger partial charge on any atom is 0.127 e. The van der Waals surface area contributed by atoms with Gasteiger partial charge in [0.05, 0.1) is 0 Å². The number of likely N-dealkylation sites (N-methyl/N-ethyl adjacent to an activating group) is 1. The van der Waals surface area contributed by atoms with Crippen LogP contribution in [0.15, 0.2) is 42.5 Å². The van der Waals surface area contributed by atoms with Gasteiger partial charge in [-0.15, -0.1) is 0 Å². The maximum absolute atomic E-state index is 10.3. The number of β-amino-alcohol motifs (C(OH)–C–C–N with tert-alkyl or cyclic N) is 1. The van der Waals surface area contributed by atoms with E-state index >= 15 is 0 Å². The highest BCUT2D eigenvalue weighted by Gasteiger charge is 2.18. The van der Waals surface area contributed by atoms with Crippen LogP contribution in [0.5, 0.6) is 5.75 Å². The zero-order valence-corrected chi connectivity index (χ0v) is 13.8. The van der Waals surface area contributed by atoms with Crippen molar-refractivity contribution in [1.29, 1.82) is 0 Å². The first-order valence-electron chi connectivity index (χ1n) is 8.49. The summed E-state index contributed by atoms with van der Waals surface area (Å²) >= 11 is 0. The monoisotopic (exact) mass is 314 g/mol. The van der Waals surface area contributed by atoms with Crippen LogP contribution < -0.4 is 4.74 Å². The van der Waals surface area contributed by atoms with Crippen molar-refractivity contribution < 1.29 is 9.84 Å². The standard InChI is InChI=1S/C19H26N2O2/c1-2-20-10-12-21(13-11-20)14-17(22)15-23-19-9-5-7-16-6-3-4-8-18(16)19/h3-9,17,22H,2,10-15H2,1H3/t17-/m1/s1. The lowest BCUT2D eigenvalue weighted by Crippen LogP contribution is -2.49. The Hall–Kier alpha value is -1.62. The third-order valence-electron chi connectivity index (χ3n) is 4.56. The van der Waals surface area contributed by atoms with Gasteiger partial charge in [0.1, 0.15) is 18.5 Å². The summed E-state index contributed by atoms with van der Waals surface area (Å²) in [7, 11) is 0. The van der Waals surface area contributed by atoms with E-state index in [1.165, 1.54) is 0 Å². The predicted molar refractivity (Wildman–Crippen MR) is 94.0 cm³/mol. The van der Waals surface area contributed by atoms with Crippen molar-refractivity contribution in [2.75, 3.05) is 45.9 Å². The molecule has 1 aliphatic rings. The summed E-state index contributed by atoms with van der Waals surface area (Å²) < 4.78 is 5.88. The third-order valence-corrected chi connectivity index (χ3v) is 4.56. The van der Waals surface area contributed by atoms with Crippen LogP contribution in [-0.2, 0) is 0 Å². The average molecular weight is 314 g/mol. The number of piperazine rings is 1. The van der Waals surface area contributed by atoms with Gasteiger partial charge in [0.15, 0.2) is 0 Å². The van der Waals surface area contributed by atoms with E-state index in [2.05, 4.69) is 34.9 Å². The van der Waals surface area contributed by atoms with Crippen molar-refractivity contribution in [1.82, 2.24) is 9.80 Å². The lowest BCUT2D eigenvalue weighted by Gasteiger charge is -2.34. The highest BCUT2D eigenvalue weighted by atomic mass is 16.5. The molecule has 0 saturated carbocycles. The fraction of sp³-hybridized carbons (Fsp3) is 0.474. The molecule has 1 atom stereocenters. The molecule has 3 rings (SSSR count). The zero-order chi connectivity index (χ0) is 16.1. The van der Waals surface area contributed by atoms with Crippen LogP contribution in [0.2, 0.25) is 0 Å². The van der Waals surface area contributed by atoms with E-state index in [9.17, 15) is 5.11 Å². The van der Waals surface area contributed by atoms with Gasteiger partial charge in [0.25, 0.3) is 0 Å². The number of ether oxygens (including phenoxy) is 1. The van der Waals surface area contributed by atoms with E-state index in [-0.39, 0.29) is 0 Å². The largest absolute Gasteiger partial charge is 0.490 e. The molecule has 0 aliphatic carbocycles. The van der Waals surface area contributed by atoms with E-state index in [0.29, 0.717) is 13.2 Å². The molecule has 1 fully saturated rings. The molecule has 1 N–H and O–H groups in total. The Morgan fingerprint density at radius 2 is 1.70 bits per heavy atom. The first-order chi connectivity index (χ1) is 11.3. The normalized spacial score (nSPS) is 18.2. The number of aliphatic hydroxyl groups is 1. The predicted octanol–water partition coefficient (Wildman–Crippen LogP) is 2.22. The SMILES string of the molecule is CCN1CCN(C[C@@H](O)COc2cccc3ccccc23)CC1. The number of rotatable bonds is 6. The summed E-state index contributed by atoms with van der Waals surface area (Å²) in [6.45, 7) is 8.56. The molecular formula is C19H26N2O2. The Bertz CT molecular complexity index is 618. The minimum atomic E-state index is -0.456. The lowest BCUT2D eigenvalue weighted by molar-refractivity contribution is 0.0474. The quantitative estimate of drug-likeness (QED) is 0.887. The van der Waals surface area contributed by atoms with Crippen molar-refractivity contribution >= 4 is 10.8 Å². The van der Waals surface area contributed by atoms with Gasteiger partial charge in [-0.25, -0.2) is 0 Å². The van der Waals surface area contributed by atoms with Gasteiger partial charge in [0.2, 0.25) is 0 Å². The van der Waals surface area contributed by atoms with E-state index in [0.717, 1.165) is 49.2 Å². The molecule has 23 heavy (non-hydrogen) atoms. The van der Waals surface area contributed by atoms with Crippen molar-refractivity contribution in [3.8, 4) is 5.75 Å². The highest BCUT2D eigenvalue weighted by molar-refractivity contribution is 5.88. The Morgan fingerprint density at radius 3 is 2.48 bits per heavy atom. The van der Waals surface area contributed by atoms with E-state index < -0.39 is 6.10 Å². The van der Waals surface area contributed by atoms with Crippen LogP contribution in [0, 0.1) is 0 Å². The molecule has 0 radical (unpaired) electrons. The summed E-state index contributed by atoms with van der Waals surface area (Å²) in [5, 5.41) is 12.5. The summed E-state index contributed by atoms with van der Waals surface area (Å²) in [6, 6.07) is 14.2. The third kappa shape index (κ3) is 4.22. The minimum absolute atomic E-state index is 0.335. The summed E-state index contributed by atoms with van der Waals surface area (Å²) in [4.78, 5) is 4.76. The van der Waals surface area contributed by atoms with Crippen LogP contribution in [0.4, 0.5) is 0 Å². The first-order valence-corrected chi connectivity index (χ1v) is 8.49. The molecule has 0 spiro atoms. The topological polar surface area (TPSA) is 35.9 Å². The Labute approximate surface area is 138 Å². The summed E-state index contributed by atoms with van der Waals surface area (Å²) in [5.74, 6) is 0.845. The van der Waals surface area contributed by atoms with Crippen molar-refractivity contribution in [2.45, 2.75) is 13.0 Å². The van der Waals surface area contributed by atoms with Crippen LogP contribution in [0.1, 0.15) is 6.92 Å². The van der Waals surface area contributed by atoms with Gasteiger partial charge in [-0.1, -0.05) is 43.3 Å². The second kappa shape index (κ2) is 7.77. The van der Waals surface area contributed by atoms with E-state index in [1.54, 1.807) is 0 Å². The number of nitrogens with zero attached hydrogens (tertiary/aromatic N) is 2. The van der Waals surface area contributed by atoms with Gasteiger partial charge < -0.3 is 14.7 Å². The van der Waals surface area contributed by atoms with Crippen molar-refractivity contribution in [3.05, 3.63) is 42.5 Å². The van der Waals surface area contributed by atoms with Crippen molar-refractivity contribution in [2.24, 2.45) is 0 Å². The van der Waals surface area contributed by atoms with Gasteiger partial charge in [0, 0.05) is 38.1 Å². The van der Waals surface area contributed by atoms with Crippen LogP contribution in [-0.4, -0.2) is 66.9 Å². The van der Waals surface area contributed by atoms with E-state index in [1.807, 2.05) is 24.3 Å².